The largest absolute Gasteiger partial charge is 0.468 e. The van der Waals surface area contributed by atoms with Crippen molar-refractivity contribution in [3.8, 4) is 12.1 Å². The highest BCUT2D eigenvalue weighted by molar-refractivity contribution is 5.94. The molecule has 11 heteroatoms. The van der Waals surface area contributed by atoms with Crippen molar-refractivity contribution in [2.24, 2.45) is 0 Å². The summed E-state index contributed by atoms with van der Waals surface area (Å²) in [5, 5.41) is 19.9. The van der Waals surface area contributed by atoms with Crippen molar-refractivity contribution in [1.29, 1.82) is 10.5 Å². The summed E-state index contributed by atoms with van der Waals surface area (Å²) in [6, 6.07) is 3.51. The Kier molecular flexibility index (Phi) is 23.7. The van der Waals surface area contributed by atoms with Gasteiger partial charge in [-0.15, -0.1) is 0 Å². The van der Waals surface area contributed by atoms with Gasteiger partial charge in [0.25, 0.3) is 0 Å². The number of carbonyl (C=O) groups is 3. The molecule has 0 amide bonds. The first kappa shape index (κ1) is 35.9. The van der Waals surface area contributed by atoms with Crippen LogP contribution in [0.3, 0.4) is 0 Å². The van der Waals surface area contributed by atoms with E-state index in [2.05, 4.69) is 19.7 Å². The van der Waals surface area contributed by atoms with E-state index >= 15 is 0 Å². The second kappa shape index (κ2) is 24.4. The zero-order valence-corrected chi connectivity index (χ0v) is 23.0. The number of ether oxygens (including phenoxy) is 4. The number of rotatable bonds is 8. The third-order valence-electron chi connectivity index (χ3n) is 4.96. The molecule has 0 saturated carbocycles. The molecule has 37 heavy (non-hydrogen) atoms. The van der Waals surface area contributed by atoms with Crippen LogP contribution in [0.1, 0.15) is 52.4 Å². The fourth-order valence-electron chi connectivity index (χ4n) is 2.85. The average molecular weight is 523 g/mol. The standard InChI is InChI=1S/C12H16N2O2.C6H12O3.C4H5NO2.C4H9N/c1-10(11(9-13)12(15)16-2)5-8-14-6-3-4-7-14;1-5(7)4-6(8-2)9-3;1-7-4(6)2-3-5;1-2-4-5-3-1/h5,8H,3-4,6-7H2,1-2H3;6H,4H2,1-3H3;2H2,1H3;5H,1-4H2/b8-5+,11-10+;;;. The van der Waals surface area contributed by atoms with Crippen molar-refractivity contribution in [2.75, 3.05) is 54.6 Å². The van der Waals surface area contributed by atoms with E-state index in [9.17, 15) is 14.4 Å². The number of nitrogens with one attached hydrogen (secondary N) is 1. The second-order valence-corrected chi connectivity index (χ2v) is 7.90. The van der Waals surface area contributed by atoms with Crippen LogP contribution in [0.25, 0.3) is 0 Å². The Hall–Kier alpha value is -3.25. The van der Waals surface area contributed by atoms with E-state index in [1.165, 1.54) is 74.1 Å². The monoisotopic (exact) mass is 522 g/mol. The minimum atomic E-state index is -0.578. The summed E-state index contributed by atoms with van der Waals surface area (Å²) in [4.78, 5) is 33.8. The maximum Gasteiger partial charge on any atom is 0.348 e. The first-order valence-corrected chi connectivity index (χ1v) is 12.0. The average Bonchev–Trinajstić information content (AvgIpc) is 3.64. The number of likely N-dealkylation sites (tertiary alicyclic amines) is 1. The van der Waals surface area contributed by atoms with Gasteiger partial charge in [0.05, 0.1) is 26.7 Å². The van der Waals surface area contributed by atoms with E-state index in [0.29, 0.717) is 12.0 Å². The number of methoxy groups -OCH3 is 4. The van der Waals surface area contributed by atoms with Gasteiger partial charge in [-0.1, -0.05) is 0 Å². The lowest BCUT2D eigenvalue weighted by Gasteiger charge is -2.10. The Morgan fingerprint density at radius 2 is 1.51 bits per heavy atom. The lowest BCUT2D eigenvalue weighted by molar-refractivity contribution is -0.139. The Labute approximate surface area is 221 Å². The van der Waals surface area contributed by atoms with Crippen LogP contribution in [0.2, 0.25) is 0 Å². The molecule has 2 rings (SSSR count). The van der Waals surface area contributed by atoms with Crippen molar-refractivity contribution in [3.63, 3.8) is 0 Å². The summed E-state index contributed by atoms with van der Waals surface area (Å²) in [5.41, 5.74) is 0.708. The molecule has 11 nitrogen and oxygen atoms in total. The van der Waals surface area contributed by atoms with Crippen molar-refractivity contribution in [3.05, 3.63) is 23.4 Å². The molecule has 1 N–H and O–H groups in total. The van der Waals surface area contributed by atoms with E-state index in [-0.39, 0.29) is 24.1 Å². The summed E-state index contributed by atoms with van der Waals surface area (Å²) in [6.07, 6.45) is 8.71. The van der Waals surface area contributed by atoms with E-state index in [0.717, 1.165) is 13.1 Å². The Bertz CT molecular complexity index is 791. The number of allylic oxidation sites excluding steroid dienone is 2. The number of ketones is 1. The molecule has 2 fully saturated rings. The molecule has 0 atom stereocenters. The topological polar surface area (TPSA) is 151 Å². The van der Waals surface area contributed by atoms with Crippen LogP contribution < -0.4 is 5.32 Å². The molecule has 2 aliphatic heterocycles. The molecule has 0 bridgehead atoms. The lowest BCUT2D eigenvalue weighted by Crippen LogP contribution is -2.16. The third kappa shape index (κ3) is 20.6. The molecule has 0 aromatic carbocycles. The van der Waals surface area contributed by atoms with Gasteiger partial charge in [0.1, 0.15) is 23.8 Å². The number of hydrogen-bond donors (Lipinski definition) is 1. The van der Waals surface area contributed by atoms with Crippen LogP contribution in [0.4, 0.5) is 0 Å². The van der Waals surface area contributed by atoms with Crippen molar-refractivity contribution < 1.29 is 33.3 Å². The highest BCUT2D eigenvalue weighted by Crippen LogP contribution is 2.11. The smallest absolute Gasteiger partial charge is 0.348 e. The normalized spacial score (nSPS) is 14.5. The molecule has 0 spiro atoms. The quantitative estimate of drug-likeness (QED) is 0.165. The van der Waals surface area contributed by atoms with Gasteiger partial charge in [-0.05, 0) is 70.5 Å². The molecule has 0 aromatic rings. The van der Waals surface area contributed by atoms with E-state index < -0.39 is 11.9 Å². The fraction of sp³-hybridized carbons (Fsp3) is 0.654. The zero-order chi connectivity index (χ0) is 28.5. The van der Waals surface area contributed by atoms with E-state index in [1.807, 2.05) is 12.3 Å². The predicted octanol–water partition coefficient (Wildman–Crippen LogP) is 2.64. The van der Waals surface area contributed by atoms with Crippen LogP contribution in [0, 0.1) is 22.7 Å². The number of nitrogens with zero attached hydrogens (tertiary/aromatic N) is 3. The summed E-state index contributed by atoms with van der Waals surface area (Å²) in [6.45, 7) is 7.83. The molecule has 0 aromatic heterocycles. The molecular weight excluding hydrogens is 480 g/mol. The lowest BCUT2D eigenvalue weighted by atomic mass is 10.1. The molecule has 2 saturated heterocycles. The van der Waals surface area contributed by atoms with Crippen molar-refractivity contribution >= 4 is 17.7 Å². The first-order chi connectivity index (χ1) is 17.7. The summed E-state index contributed by atoms with van der Waals surface area (Å²) >= 11 is 0. The Morgan fingerprint density at radius 1 is 0.946 bits per heavy atom. The summed E-state index contributed by atoms with van der Waals surface area (Å²) in [5.74, 6) is -0.989. The second-order valence-electron chi connectivity index (χ2n) is 7.90. The molecular formula is C26H42N4O7. The summed E-state index contributed by atoms with van der Waals surface area (Å²) in [7, 11) is 5.55. The van der Waals surface area contributed by atoms with Gasteiger partial charge >= 0.3 is 11.9 Å². The van der Waals surface area contributed by atoms with Gasteiger partial charge in [0.15, 0.2) is 6.29 Å². The maximum atomic E-state index is 11.2. The molecule has 208 valence electrons. The van der Waals surface area contributed by atoms with Crippen LogP contribution >= 0.6 is 0 Å². The van der Waals surface area contributed by atoms with Gasteiger partial charge in [0.2, 0.25) is 0 Å². The van der Waals surface area contributed by atoms with E-state index in [4.69, 9.17) is 20.0 Å². The molecule has 0 radical (unpaired) electrons. The van der Waals surface area contributed by atoms with Crippen LogP contribution in [-0.4, -0.2) is 83.5 Å². The third-order valence-corrected chi connectivity index (χ3v) is 4.96. The molecule has 0 unspecified atom stereocenters. The minimum absolute atomic E-state index is 0.0675. The van der Waals surface area contributed by atoms with Crippen LogP contribution in [0.15, 0.2) is 23.4 Å². The van der Waals surface area contributed by atoms with Gasteiger partial charge in [-0.3, -0.25) is 9.59 Å². The molecule has 2 aliphatic rings. The maximum absolute atomic E-state index is 11.2. The van der Waals surface area contributed by atoms with Gasteiger partial charge < -0.3 is 29.2 Å². The predicted molar refractivity (Wildman–Crippen MR) is 138 cm³/mol. The molecule has 0 aliphatic carbocycles. The Morgan fingerprint density at radius 3 is 1.81 bits per heavy atom. The zero-order valence-electron chi connectivity index (χ0n) is 23.0. The minimum Gasteiger partial charge on any atom is -0.468 e. The number of nitriles is 2. The van der Waals surface area contributed by atoms with E-state index in [1.54, 1.807) is 19.1 Å². The summed E-state index contributed by atoms with van der Waals surface area (Å²) < 4.78 is 18.2. The first-order valence-electron chi connectivity index (χ1n) is 12.0. The Balaban J connectivity index is 0. The highest BCUT2D eigenvalue weighted by Gasteiger charge is 2.12. The van der Waals surface area contributed by atoms with Gasteiger partial charge in [-0.25, -0.2) is 4.79 Å². The molecule has 2 heterocycles. The number of hydrogen-bond acceptors (Lipinski definition) is 11. The van der Waals surface area contributed by atoms with Gasteiger partial charge in [-0.2, -0.15) is 10.5 Å². The van der Waals surface area contributed by atoms with Crippen LogP contribution in [-0.2, 0) is 33.3 Å². The SMILES string of the molecule is C1CCNC1.COC(=O)/C(C#N)=C(C)/C=C/N1CCCC1.COC(=O)CC#N.COC(CC(C)=O)OC. The van der Waals surface area contributed by atoms with Crippen LogP contribution in [0.5, 0.6) is 0 Å². The number of carbonyl (C=O) groups excluding carboxylic acids is 3. The number of esters is 2. The number of Topliss-reactive ketones (excluding diaryl/α,β-unsaturated/α-hetero) is 1. The van der Waals surface area contributed by atoms with Gasteiger partial charge in [0, 0.05) is 27.3 Å². The fourth-order valence-corrected chi connectivity index (χ4v) is 2.85. The van der Waals surface area contributed by atoms with Crippen molar-refractivity contribution in [2.45, 2.75) is 58.7 Å². The van der Waals surface area contributed by atoms with Crippen molar-refractivity contribution in [1.82, 2.24) is 10.2 Å². The highest BCUT2D eigenvalue weighted by atomic mass is 16.7.